The van der Waals surface area contributed by atoms with Gasteiger partial charge in [0.1, 0.15) is 0 Å². The predicted molar refractivity (Wildman–Crippen MR) is 88.9 cm³/mol. The number of rotatable bonds is 2. The first-order chi connectivity index (χ1) is 10.3. The average Bonchev–Trinajstić information content (AvgIpc) is 2.86. The smallest absolute Gasteiger partial charge is 0.0890 e. The van der Waals surface area contributed by atoms with Crippen LogP contribution in [0.15, 0.2) is 54.7 Å². The normalized spacial score (nSPS) is 11.3. The van der Waals surface area contributed by atoms with Crippen LogP contribution >= 0.6 is 11.3 Å². The van der Waals surface area contributed by atoms with Gasteiger partial charge in [0.25, 0.3) is 0 Å². The molecule has 2 aromatic carbocycles. The summed E-state index contributed by atoms with van der Waals surface area (Å²) in [5.41, 5.74) is 4.21. The Hall–Kier alpha value is -2.26. The van der Waals surface area contributed by atoms with E-state index in [1.165, 1.54) is 20.5 Å². The molecule has 2 aromatic heterocycles. The summed E-state index contributed by atoms with van der Waals surface area (Å²) in [7, 11) is 0. The van der Waals surface area contributed by atoms with E-state index in [-0.39, 0.29) is 0 Å². The Morgan fingerprint density at radius 3 is 2.76 bits per heavy atom. The molecular weight excluding hydrogens is 276 g/mol. The molecule has 0 saturated heterocycles. The summed E-state index contributed by atoms with van der Waals surface area (Å²) in [5.74, 6) is 0. The molecule has 0 aliphatic carbocycles. The lowest BCUT2D eigenvalue weighted by molar-refractivity contribution is 1.07. The molecule has 4 aromatic rings. The maximum atomic E-state index is 4.70. The molecule has 102 valence electrons. The summed E-state index contributed by atoms with van der Waals surface area (Å²) in [6.07, 6.45) is 2.71. The monoisotopic (exact) mass is 290 g/mol. The summed E-state index contributed by atoms with van der Waals surface area (Å²) in [6.45, 7) is 2.15. The van der Waals surface area contributed by atoms with Gasteiger partial charge in [-0.2, -0.15) is 0 Å². The van der Waals surface area contributed by atoms with Crippen molar-refractivity contribution >= 4 is 32.5 Å². The zero-order valence-electron chi connectivity index (χ0n) is 11.7. The number of para-hydroxylation sites is 2. The van der Waals surface area contributed by atoms with E-state index in [1.807, 2.05) is 41.8 Å². The standard InChI is InChI=1S/C18H14N2S/c1-12-8-14-7-6-13(10-18(14)21-12)9-15-11-19-16-4-2-3-5-17(16)20-15/h2-8,10-11H,9H2,1H3. The summed E-state index contributed by atoms with van der Waals surface area (Å²) < 4.78 is 1.35. The summed E-state index contributed by atoms with van der Waals surface area (Å²) in [5, 5.41) is 1.32. The molecule has 2 heterocycles. The maximum absolute atomic E-state index is 4.70. The van der Waals surface area contributed by atoms with Crippen molar-refractivity contribution in [2.75, 3.05) is 0 Å². The van der Waals surface area contributed by atoms with Crippen molar-refractivity contribution < 1.29 is 0 Å². The number of aromatic nitrogens is 2. The molecule has 0 aliphatic rings. The van der Waals surface area contributed by atoms with Crippen molar-refractivity contribution in [3.05, 3.63) is 70.9 Å². The third kappa shape index (κ3) is 2.41. The molecule has 0 spiro atoms. The number of fused-ring (bicyclic) bond motifs is 2. The van der Waals surface area contributed by atoms with Crippen LogP contribution in [0.3, 0.4) is 0 Å². The van der Waals surface area contributed by atoms with Crippen molar-refractivity contribution in [2.24, 2.45) is 0 Å². The van der Waals surface area contributed by atoms with Crippen LogP contribution in [0.1, 0.15) is 16.1 Å². The molecule has 0 radical (unpaired) electrons. The van der Waals surface area contributed by atoms with E-state index >= 15 is 0 Å². The minimum absolute atomic E-state index is 0.824. The van der Waals surface area contributed by atoms with E-state index < -0.39 is 0 Å². The Morgan fingerprint density at radius 2 is 1.86 bits per heavy atom. The summed E-state index contributed by atoms with van der Waals surface area (Å²) in [6, 6.07) is 16.9. The molecular formula is C18H14N2S. The third-order valence-corrected chi connectivity index (χ3v) is 4.60. The Bertz CT molecular complexity index is 940. The molecule has 0 N–H and O–H groups in total. The molecule has 0 bridgehead atoms. The SMILES string of the molecule is Cc1cc2ccc(Cc3cnc4ccccc4n3)cc2s1. The van der Waals surface area contributed by atoms with Gasteiger partial charge in [-0.1, -0.05) is 24.3 Å². The largest absolute Gasteiger partial charge is 0.253 e. The van der Waals surface area contributed by atoms with E-state index in [2.05, 4.69) is 36.2 Å². The van der Waals surface area contributed by atoms with Crippen molar-refractivity contribution in [1.82, 2.24) is 9.97 Å². The minimum Gasteiger partial charge on any atom is -0.253 e. The van der Waals surface area contributed by atoms with Gasteiger partial charge in [0.05, 0.1) is 16.7 Å². The van der Waals surface area contributed by atoms with E-state index in [4.69, 9.17) is 4.98 Å². The summed E-state index contributed by atoms with van der Waals surface area (Å²) in [4.78, 5) is 10.5. The second-order valence-electron chi connectivity index (χ2n) is 5.26. The Labute approximate surface area is 127 Å². The molecule has 0 amide bonds. The zero-order chi connectivity index (χ0) is 14.2. The predicted octanol–water partition coefficient (Wildman–Crippen LogP) is 4.74. The van der Waals surface area contributed by atoms with Gasteiger partial charge < -0.3 is 0 Å². The number of aryl methyl sites for hydroxylation is 1. The van der Waals surface area contributed by atoms with Gasteiger partial charge in [-0.15, -0.1) is 11.3 Å². The van der Waals surface area contributed by atoms with Gasteiger partial charge in [-0.25, -0.2) is 4.98 Å². The van der Waals surface area contributed by atoms with E-state index in [0.717, 1.165) is 23.1 Å². The van der Waals surface area contributed by atoms with Crippen LogP contribution in [0.5, 0.6) is 0 Å². The highest BCUT2D eigenvalue weighted by molar-refractivity contribution is 7.19. The van der Waals surface area contributed by atoms with Crippen molar-refractivity contribution in [3.63, 3.8) is 0 Å². The highest BCUT2D eigenvalue weighted by Crippen LogP contribution is 2.26. The molecule has 0 unspecified atom stereocenters. The fraction of sp³-hybridized carbons (Fsp3) is 0.111. The molecule has 4 rings (SSSR count). The number of nitrogens with zero attached hydrogens (tertiary/aromatic N) is 2. The molecule has 0 atom stereocenters. The number of thiophene rings is 1. The van der Waals surface area contributed by atoms with E-state index in [0.29, 0.717) is 0 Å². The van der Waals surface area contributed by atoms with Gasteiger partial charge in [0, 0.05) is 22.2 Å². The van der Waals surface area contributed by atoms with Crippen LogP contribution in [-0.2, 0) is 6.42 Å². The Morgan fingerprint density at radius 1 is 1.00 bits per heavy atom. The molecule has 0 aliphatic heterocycles. The zero-order valence-corrected chi connectivity index (χ0v) is 12.5. The molecule has 2 nitrogen and oxygen atoms in total. The van der Waals surface area contributed by atoms with Gasteiger partial charge in [0.15, 0.2) is 0 Å². The lowest BCUT2D eigenvalue weighted by atomic mass is 10.1. The van der Waals surface area contributed by atoms with Gasteiger partial charge in [-0.3, -0.25) is 4.98 Å². The first-order valence-corrected chi connectivity index (χ1v) is 7.79. The second kappa shape index (κ2) is 4.93. The highest BCUT2D eigenvalue weighted by atomic mass is 32.1. The Balaban J connectivity index is 1.71. The fourth-order valence-electron chi connectivity index (χ4n) is 2.61. The minimum atomic E-state index is 0.824. The highest BCUT2D eigenvalue weighted by Gasteiger charge is 2.04. The molecule has 21 heavy (non-hydrogen) atoms. The van der Waals surface area contributed by atoms with Crippen molar-refractivity contribution in [1.29, 1.82) is 0 Å². The molecule has 0 saturated carbocycles. The van der Waals surface area contributed by atoms with Crippen LogP contribution in [0.4, 0.5) is 0 Å². The third-order valence-electron chi connectivity index (χ3n) is 3.59. The van der Waals surface area contributed by atoms with Crippen LogP contribution in [-0.4, -0.2) is 9.97 Å². The second-order valence-corrected chi connectivity index (χ2v) is 6.54. The van der Waals surface area contributed by atoms with Gasteiger partial charge >= 0.3 is 0 Å². The summed E-state index contributed by atoms with van der Waals surface area (Å²) >= 11 is 1.84. The lowest BCUT2D eigenvalue weighted by Gasteiger charge is -2.03. The average molecular weight is 290 g/mol. The van der Waals surface area contributed by atoms with E-state index in [9.17, 15) is 0 Å². The van der Waals surface area contributed by atoms with E-state index in [1.54, 1.807) is 0 Å². The van der Waals surface area contributed by atoms with Crippen molar-refractivity contribution in [3.8, 4) is 0 Å². The van der Waals surface area contributed by atoms with Crippen LogP contribution in [0.25, 0.3) is 21.1 Å². The number of benzene rings is 2. The van der Waals surface area contributed by atoms with Crippen LogP contribution < -0.4 is 0 Å². The van der Waals surface area contributed by atoms with Gasteiger partial charge in [0.2, 0.25) is 0 Å². The topological polar surface area (TPSA) is 25.8 Å². The first kappa shape index (κ1) is 12.5. The van der Waals surface area contributed by atoms with Crippen molar-refractivity contribution in [2.45, 2.75) is 13.3 Å². The first-order valence-electron chi connectivity index (χ1n) is 6.98. The van der Waals surface area contributed by atoms with Crippen LogP contribution in [0.2, 0.25) is 0 Å². The lowest BCUT2D eigenvalue weighted by Crippen LogP contribution is -1.94. The van der Waals surface area contributed by atoms with Crippen LogP contribution in [0, 0.1) is 6.92 Å². The Kier molecular flexibility index (Phi) is 2.93. The molecule has 0 fully saturated rings. The molecule has 3 heteroatoms. The number of hydrogen-bond acceptors (Lipinski definition) is 3. The van der Waals surface area contributed by atoms with Gasteiger partial charge in [-0.05, 0) is 42.1 Å². The maximum Gasteiger partial charge on any atom is 0.0890 e. The number of hydrogen-bond donors (Lipinski definition) is 0. The fourth-order valence-corrected chi connectivity index (χ4v) is 3.60. The quantitative estimate of drug-likeness (QED) is 0.532.